The summed E-state index contributed by atoms with van der Waals surface area (Å²) in [6, 6.07) is 12.9. The molecule has 4 aromatic rings. The molecular formula is C22H18F3N6O2+. The van der Waals surface area contributed by atoms with E-state index < -0.39 is 17.9 Å². The Morgan fingerprint density at radius 3 is 2.58 bits per heavy atom. The van der Waals surface area contributed by atoms with Crippen LogP contribution in [0.3, 0.4) is 0 Å². The minimum absolute atomic E-state index is 0.0280. The van der Waals surface area contributed by atoms with Gasteiger partial charge in [-0.2, -0.15) is 13.2 Å². The van der Waals surface area contributed by atoms with Gasteiger partial charge >= 0.3 is 18.1 Å². The number of amides is 2. The lowest BCUT2D eigenvalue weighted by Crippen LogP contribution is -2.35. The Morgan fingerprint density at radius 1 is 1.06 bits per heavy atom. The van der Waals surface area contributed by atoms with Crippen LogP contribution in [-0.4, -0.2) is 21.3 Å². The van der Waals surface area contributed by atoms with E-state index in [2.05, 4.69) is 25.9 Å². The molecule has 3 heterocycles. The summed E-state index contributed by atoms with van der Waals surface area (Å²) in [5, 5.41) is 8.52. The van der Waals surface area contributed by atoms with Crippen molar-refractivity contribution in [1.82, 2.24) is 15.2 Å². The van der Waals surface area contributed by atoms with Gasteiger partial charge in [0.05, 0.1) is 0 Å². The molecule has 0 aliphatic carbocycles. The van der Waals surface area contributed by atoms with Crippen molar-refractivity contribution in [3.63, 3.8) is 0 Å². The summed E-state index contributed by atoms with van der Waals surface area (Å²) in [4.78, 5) is 19.6. The Morgan fingerprint density at radius 2 is 1.85 bits per heavy atom. The van der Waals surface area contributed by atoms with E-state index in [0.717, 1.165) is 34.6 Å². The molecule has 0 saturated heterocycles. The first kappa shape index (κ1) is 21.9. The number of anilines is 2. The molecular weight excluding hydrogens is 437 g/mol. The van der Waals surface area contributed by atoms with E-state index in [0.29, 0.717) is 6.54 Å². The zero-order valence-electron chi connectivity index (χ0n) is 17.3. The van der Waals surface area contributed by atoms with Crippen molar-refractivity contribution in [2.45, 2.75) is 19.6 Å². The SMILES string of the molecule is Cc1ncccc1-c1ccc(C[n+]2cc(NC(=O)Nc3ccnc(C(F)(F)F)c3)on2)cc1. The van der Waals surface area contributed by atoms with Gasteiger partial charge in [0.25, 0.3) is 6.20 Å². The molecule has 168 valence electrons. The van der Waals surface area contributed by atoms with Crippen LogP contribution in [0.4, 0.5) is 29.5 Å². The highest BCUT2D eigenvalue weighted by molar-refractivity contribution is 5.98. The third-order valence-electron chi connectivity index (χ3n) is 4.67. The lowest BCUT2D eigenvalue weighted by Gasteiger charge is -2.08. The second-order valence-electron chi connectivity index (χ2n) is 7.10. The van der Waals surface area contributed by atoms with Gasteiger partial charge in [0.15, 0.2) is 0 Å². The van der Waals surface area contributed by atoms with E-state index >= 15 is 0 Å². The molecule has 0 aliphatic heterocycles. The molecule has 4 rings (SSSR count). The number of carbonyl (C=O) groups is 1. The van der Waals surface area contributed by atoms with Crippen molar-refractivity contribution >= 4 is 17.6 Å². The fourth-order valence-corrected chi connectivity index (χ4v) is 3.11. The van der Waals surface area contributed by atoms with Gasteiger partial charge in [0.1, 0.15) is 5.69 Å². The normalized spacial score (nSPS) is 11.3. The minimum Gasteiger partial charge on any atom is -0.308 e. The monoisotopic (exact) mass is 455 g/mol. The molecule has 2 N–H and O–H groups in total. The van der Waals surface area contributed by atoms with Gasteiger partial charge in [-0.15, -0.1) is 0 Å². The quantitative estimate of drug-likeness (QED) is 0.434. The Balaban J connectivity index is 1.36. The van der Waals surface area contributed by atoms with Gasteiger partial charge in [-0.3, -0.25) is 19.8 Å². The predicted molar refractivity (Wildman–Crippen MR) is 112 cm³/mol. The van der Waals surface area contributed by atoms with Crippen molar-refractivity contribution in [3.05, 3.63) is 84.1 Å². The van der Waals surface area contributed by atoms with Crippen LogP contribution in [0.5, 0.6) is 0 Å². The van der Waals surface area contributed by atoms with Crippen LogP contribution in [0.25, 0.3) is 11.1 Å². The number of rotatable bonds is 5. The number of nitrogens with zero attached hydrogens (tertiary/aromatic N) is 4. The average molecular weight is 455 g/mol. The highest BCUT2D eigenvalue weighted by atomic mass is 19.4. The number of hydrogen-bond donors (Lipinski definition) is 2. The average Bonchev–Trinajstić information content (AvgIpc) is 3.21. The first-order valence-corrected chi connectivity index (χ1v) is 9.76. The smallest absolute Gasteiger partial charge is 0.308 e. The Labute approximate surface area is 186 Å². The number of aromatic nitrogens is 4. The maximum absolute atomic E-state index is 12.7. The maximum atomic E-state index is 12.7. The van der Waals surface area contributed by atoms with Crippen molar-refractivity contribution in [2.75, 3.05) is 10.6 Å². The summed E-state index contributed by atoms with van der Waals surface area (Å²) in [6.45, 7) is 2.33. The fourth-order valence-electron chi connectivity index (χ4n) is 3.11. The first-order chi connectivity index (χ1) is 15.8. The molecule has 0 spiro atoms. The number of hydrogen-bond acceptors (Lipinski definition) is 5. The van der Waals surface area contributed by atoms with Crippen LogP contribution in [0.1, 0.15) is 17.0 Å². The van der Waals surface area contributed by atoms with Gasteiger partial charge in [-0.25, -0.2) is 4.79 Å². The first-order valence-electron chi connectivity index (χ1n) is 9.76. The van der Waals surface area contributed by atoms with Crippen molar-refractivity contribution in [2.24, 2.45) is 0 Å². The third kappa shape index (κ3) is 5.50. The standard InChI is InChI=1S/C22H17F3N6O2/c1-14-18(3-2-9-26-14)16-6-4-15(5-7-16)12-31-13-20(33-30-31)29-21(32)28-17-8-10-27-19(11-17)22(23,24)25/h2-11,13H,12H2,1H3,(H-,27,28,29,30,32)/p+1. The highest BCUT2D eigenvalue weighted by Crippen LogP contribution is 2.28. The largest absolute Gasteiger partial charge is 0.433 e. The second-order valence-corrected chi connectivity index (χ2v) is 7.10. The van der Waals surface area contributed by atoms with Crippen LogP contribution < -0.4 is 15.3 Å². The van der Waals surface area contributed by atoms with Crippen molar-refractivity contribution in [3.8, 4) is 11.1 Å². The Hall–Kier alpha value is -4.28. The molecule has 0 fully saturated rings. The van der Waals surface area contributed by atoms with E-state index in [1.165, 1.54) is 16.9 Å². The summed E-state index contributed by atoms with van der Waals surface area (Å²) in [7, 11) is 0. The van der Waals surface area contributed by atoms with Gasteiger partial charge in [0.2, 0.25) is 11.8 Å². The summed E-state index contributed by atoms with van der Waals surface area (Å²) < 4.78 is 44.8. The number of halogens is 3. The molecule has 2 amide bonds. The molecule has 0 radical (unpaired) electrons. The van der Waals surface area contributed by atoms with Crippen LogP contribution in [0.15, 0.2) is 71.6 Å². The molecule has 1 aromatic carbocycles. The molecule has 0 unspecified atom stereocenters. The summed E-state index contributed by atoms with van der Waals surface area (Å²) >= 11 is 0. The summed E-state index contributed by atoms with van der Waals surface area (Å²) in [6.07, 6.45) is -0.440. The Bertz CT molecular complexity index is 1270. The minimum atomic E-state index is -4.61. The molecule has 3 aromatic heterocycles. The highest BCUT2D eigenvalue weighted by Gasteiger charge is 2.32. The van der Waals surface area contributed by atoms with E-state index in [1.54, 1.807) is 6.20 Å². The fraction of sp³-hybridized carbons (Fsp3) is 0.136. The number of alkyl halides is 3. The zero-order valence-corrected chi connectivity index (χ0v) is 17.3. The third-order valence-corrected chi connectivity index (χ3v) is 4.67. The number of benzene rings is 1. The van der Waals surface area contributed by atoms with Gasteiger partial charge in [-0.1, -0.05) is 30.3 Å². The molecule has 0 bridgehead atoms. The lowest BCUT2D eigenvalue weighted by atomic mass is 10.0. The van der Waals surface area contributed by atoms with Gasteiger partial charge in [-0.05, 0) is 35.4 Å². The lowest BCUT2D eigenvalue weighted by molar-refractivity contribution is -0.754. The number of pyridine rings is 2. The van der Waals surface area contributed by atoms with E-state index in [4.69, 9.17) is 4.52 Å². The second kappa shape index (κ2) is 9.07. The topological polar surface area (TPSA) is 96.8 Å². The number of nitrogens with one attached hydrogen (secondary N) is 2. The molecule has 0 atom stereocenters. The van der Waals surface area contributed by atoms with Crippen LogP contribution in [0, 0.1) is 6.92 Å². The number of carbonyl (C=O) groups excluding carboxylic acids is 1. The van der Waals surface area contributed by atoms with Crippen molar-refractivity contribution in [1.29, 1.82) is 0 Å². The number of aryl methyl sites for hydroxylation is 1. The predicted octanol–water partition coefficient (Wildman–Crippen LogP) is 4.44. The van der Waals surface area contributed by atoms with Gasteiger partial charge in [0, 0.05) is 34.9 Å². The van der Waals surface area contributed by atoms with Crippen LogP contribution >= 0.6 is 0 Å². The van der Waals surface area contributed by atoms with E-state index in [9.17, 15) is 18.0 Å². The maximum Gasteiger partial charge on any atom is 0.433 e. The van der Waals surface area contributed by atoms with Crippen LogP contribution in [0.2, 0.25) is 0 Å². The summed E-state index contributed by atoms with van der Waals surface area (Å²) in [5.41, 5.74) is 2.80. The zero-order chi connectivity index (χ0) is 23.4. The van der Waals surface area contributed by atoms with Crippen LogP contribution in [-0.2, 0) is 12.7 Å². The molecule has 8 nitrogen and oxygen atoms in total. The van der Waals surface area contributed by atoms with E-state index in [1.807, 2.05) is 43.3 Å². The molecule has 33 heavy (non-hydrogen) atoms. The Kier molecular flexibility index (Phi) is 6.03. The number of urea groups is 1. The van der Waals surface area contributed by atoms with Gasteiger partial charge < -0.3 is 5.32 Å². The molecule has 11 heteroatoms. The molecule has 0 aliphatic rings. The van der Waals surface area contributed by atoms with Crippen molar-refractivity contribution < 1.29 is 27.2 Å². The van der Waals surface area contributed by atoms with E-state index in [-0.39, 0.29) is 11.6 Å². The summed E-state index contributed by atoms with van der Waals surface area (Å²) in [5.74, 6) is 0.0280. The molecule has 0 saturated carbocycles.